The largest absolute Gasteiger partial charge is 0.468 e. The van der Waals surface area contributed by atoms with Crippen molar-refractivity contribution in [3.8, 4) is 0 Å². The Labute approximate surface area is 183 Å². The summed E-state index contributed by atoms with van der Waals surface area (Å²) in [6.45, 7) is 3.93. The first kappa shape index (κ1) is 21.8. The Morgan fingerprint density at radius 3 is 2.58 bits per heavy atom. The summed E-state index contributed by atoms with van der Waals surface area (Å²) in [5.41, 5.74) is 2.03. The molecule has 1 saturated heterocycles. The number of amides is 1. The Bertz CT molecular complexity index is 913. The standard InChI is InChI=1S/C23H33N5O3/c1-25(17-21(29)31-2)16-19-22(24-20-10-6-7-11-28(19)20)23(30)27-14-12-26(13-15-27)18-8-4-3-5-9-18/h6-7,10-11,18H,3-5,8-9,12-17H2,1-2H3. The minimum Gasteiger partial charge on any atom is -0.468 e. The summed E-state index contributed by atoms with van der Waals surface area (Å²) in [5.74, 6) is -0.323. The van der Waals surface area contributed by atoms with Crippen molar-refractivity contribution in [2.75, 3.05) is 46.9 Å². The molecule has 168 valence electrons. The quantitative estimate of drug-likeness (QED) is 0.657. The molecular weight excluding hydrogens is 394 g/mol. The molecule has 1 amide bonds. The molecule has 0 spiro atoms. The Morgan fingerprint density at radius 1 is 1.13 bits per heavy atom. The van der Waals surface area contributed by atoms with E-state index < -0.39 is 0 Å². The molecule has 2 aromatic rings. The number of rotatable bonds is 6. The number of fused-ring (bicyclic) bond motifs is 1. The number of carbonyl (C=O) groups is 2. The number of esters is 1. The van der Waals surface area contributed by atoms with Gasteiger partial charge in [0.25, 0.3) is 5.91 Å². The predicted molar refractivity (Wildman–Crippen MR) is 118 cm³/mol. The second-order valence-electron chi connectivity index (χ2n) is 8.70. The average Bonchev–Trinajstić information content (AvgIpc) is 3.17. The summed E-state index contributed by atoms with van der Waals surface area (Å²) < 4.78 is 6.72. The van der Waals surface area contributed by atoms with Crippen LogP contribution >= 0.6 is 0 Å². The van der Waals surface area contributed by atoms with E-state index in [9.17, 15) is 9.59 Å². The van der Waals surface area contributed by atoms with Crippen LogP contribution in [0.15, 0.2) is 24.4 Å². The van der Waals surface area contributed by atoms with Gasteiger partial charge in [0.1, 0.15) is 5.65 Å². The minimum atomic E-state index is -0.303. The van der Waals surface area contributed by atoms with Gasteiger partial charge in [0.15, 0.2) is 5.69 Å². The second kappa shape index (κ2) is 9.78. The van der Waals surface area contributed by atoms with Gasteiger partial charge in [-0.2, -0.15) is 0 Å². The van der Waals surface area contributed by atoms with Crippen molar-refractivity contribution in [1.29, 1.82) is 0 Å². The predicted octanol–water partition coefficient (Wildman–Crippen LogP) is 2.03. The molecule has 3 heterocycles. The molecule has 8 heteroatoms. The molecule has 2 aromatic heterocycles. The van der Waals surface area contributed by atoms with Gasteiger partial charge in [-0.25, -0.2) is 4.98 Å². The van der Waals surface area contributed by atoms with E-state index in [4.69, 9.17) is 4.74 Å². The van der Waals surface area contributed by atoms with Crippen LogP contribution in [0.4, 0.5) is 0 Å². The number of nitrogens with zero attached hydrogens (tertiary/aromatic N) is 5. The molecule has 0 unspecified atom stereocenters. The second-order valence-corrected chi connectivity index (χ2v) is 8.70. The fourth-order valence-corrected chi connectivity index (χ4v) is 4.85. The van der Waals surface area contributed by atoms with Gasteiger partial charge in [0, 0.05) is 45.0 Å². The van der Waals surface area contributed by atoms with Gasteiger partial charge in [-0.05, 0) is 32.0 Å². The van der Waals surface area contributed by atoms with Crippen LogP contribution in [0, 0.1) is 0 Å². The number of likely N-dealkylation sites (N-methyl/N-ethyl adjacent to an activating group) is 1. The third-order valence-electron chi connectivity index (χ3n) is 6.57. The average molecular weight is 428 g/mol. The summed E-state index contributed by atoms with van der Waals surface area (Å²) in [5, 5.41) is 0. The van der Waals surface area contributed by atoms with Gasteiger partial charge in [-0.3, -0.25) is 19.4 Å². The molecule has 0 aromatic carbocycles. The third kappa shape index (κ3) is 4.91. The maximum atomic E-state index is 13.5. The molecule has 1 saturated carbocycles. The van der Waals surface area contributed by atoms with Crippen molar-refractivity contribution >= 4 is 17.5 Å². The number of hydrogen-bond donors (Lipinski definition) is 0. The summed E-state index contributed by atoms with van der Waals surface area (Å²) in [7, 11) is 3.22. The lowest BCUT2D eigenvalue weighted by molar-refractivity contribution is -0.141. The first-order chi connectivity index (χ1) is 15.1. The van der Waals surface area contributed by atoms with E-state index in [2.05, 4.69) is 9.88 Å². The van der Waals surface area contributed by atoms with Crippen LogP contribution in [0.2, 0.25) is 0 Å². The van der Waals surface area contributed by atoms with E-state index in [1.54, 1.807) is 0 Å². The first-order valence-electron chi connectivity index (χ1n) is 11.3. The minimum absolute atomic E-state index is 0.0199. The van der Waals surface area contributed by atoms with Crippen molar-refractivity contribution in [1.82, 2.24) is 24.1 Å². The number of piperazine rings is 1. The molecule has 2 aliphatic rings. The lowest BCUT2D eigenvalue weighted by atomic mass is 9.94. The third-order valence-corrected chi connectivity index (χ3v) is 6.57. The maximum absolute atomic E-state index is 13.5. The van der Waals surface area contributed by atoms with E-state index in [1.165, 1.54) is 39.2 Å². The number of ether oxygens (including phenoxy) is 1. The van der Waals surface area contributed by atoms with E-state index in [1.807, 2.05) is 45.6 Å². The molecule has 2 fully saturated rings. The Morgan fingerprint density at radius 2 is 1.87 bits per heavy atom. The summed E-state index contributed by atoms with van der Waals surface area (Å²) >= 11 is 0. The molecule has 0 atom stereocenters. The van der Waals surface area contributed by atoms with Crippen molar-refractivity contribution in [2.45, 2.75) is 44.7 Å². The van der Waals surface area contributed by atoms with Crippen LogP contribution in [0.25, 0.3) is 5.65 Å². The van der Waals surface area contributed by atoms with Crippen molar-refractivity contribution < 1.29 is 14.3 Å². The van der Waals surface area contributed by atoms with E-state index >= 15 is 0 Å². The lowest BCUT2D eigenvalue weighted by Crippen LogP contribution is -2.52. The van der Waals surface area contributed by atoms with Crippen molar-refractivity contribution in [3.05, 3.63) is 35.8 Å². The highest BCUT2D eigenvalue weighted by molar-refractivity contribution is 5.94. The Hall–Kier alpha value is -2.45. The number of imidazole rings is 1. The number of pyridine rings is 1. The number of methoxy groups -OCH3 is 1. The number of carbonyl (C=O) groups excluding carboxylic acids is 2. The van der Waals surface area contributed by atoms with Crippen molar-refractivity contribution in [2.24, 2.45) is 0 Å². The molecule has 0 bridgehead atoms. The Balaban J connectivity index is 1.49. The molecule has 1 aliphatic carbocycles. The molecule has 1 aliphatic heterocycles. The molecule has 31 heavy (non-hydrogen) atoms. The zero-order chi connectivity index (χ0) is 21.8. The highest BCUT2D eigenvalue weighted by Crippen LogP contribution is 2.24. The Kier molecular flexibility index (Phi) is 6.87. The van der Waals surface area contributed by atoms with Gasteiger partial charge >= 0.3 is 5.97 Å². The van der Waals surface area contributed by atoms with Crippen LogP contribution in [-0.2, 0) is 16.1 Å². The van der Waals surface area contributed by atoms with E-state index in [0.717, 1.165) is 37.5 Å². The SMILES string of the molecule is COC(=O)CN(C)Cc1c(C(=O)N2CCN(C3CCCCC3)CC2)nc2ccccn12. The van der Waals surface area contributed by atoms with E-state index in [-0.39, 0.29) is 18.4 Å². The van der Waals surface area contributed by atoms with Crippen LogP contribution in [0.3, 0.4) is 0 Å². The van der Waals surface area contributed by atoms with Crippen LogP contribution in [-0.4, -0.2) is 88.9 Å². The lowest BCUT2D eigenvalue weighted by Gasteiger charge is -2.40. The molecular formula is C23H33N5O3. The number of aromatic nitrogens is 2. The van der Waals surface area contributed by atoms with E-state index in [0.29, 0.717) is 18.3 Å². The molecule has 0 N–H and O–H groups in total. The zero-order valence-corrected chi connectivity index (χ0v) is 18.6. The molecule has 4 rings (SSSR count). The highest BCUT2D eigenvalue weighted by Gasteiger charge is 2.30. The van der Waals surface area contributed by atoms with Gasteiger partial charge in [-0.15, -0.1) is 0 Å². The van der Waals surface area contributed by atoms with Gasteiger partial charge in [0.2, 0.25) is 0 Å². The fourth-order valence-electron chi connectivity index (χ4n) is 4.85. The summed E-state index contributed by atoms with van der Waals surface area (Å²) in [6.07, 6.45) is 8.51. The normalized spacial score (nSPS) is 18.6. The summed E-state index contributed by atoms with van der Waals surface area (Å²) in [4.78, 5) is 36.1. The molecule has 0 radical (unpaired) electrons. The molecule has 8 nitrogen and oxygen atoms in total. The zero-order valence-electron chi connectivity index (χ0n) is 18.6. The van der Waals surface area contributed by atoms with Crippen LogP contribution in [0.5, 0.6) is 0 Å². The van der Waals surface area contributed by atoms with Crippen LogP contribution in [0.1, 0.15) is 48.3 Å². The maximum Gasteiger partial charge on any atom is 0.319 e. The fraction of sp³-hybridized carbons (Fsp3) is 0.609. The van der Waals surface area contributed by atoms with Gasteiger partial charge < -0.3 is 14.0 Å². The van der Waals surface area contributed by atoms with Gasteiger partial charge in [0.05, 0.1) is 19.3 Å². The smallest absolute Gasteiger partial charge is 0.319 e. The topological polar surface area (TPSA) is 70.4 Å². The highest BCUT2D eigenvalue weighted by atomic mass is 16.5. The number of hydrogen-bond acceptors (Lipinski definition) is 6. The van der Waals surface area contributed by atoms with Crippen LogP contribution < -0.4 is 0 Å². The first-order valence-corrected chi connectivity index (χ1v) is 11.3. The van der Waals surface area contributed by atoms with Gasteiger partial charge in [-0.1, -0.05) is 25.3 Å². The summed E-state index contributed by atoms with van der Waals surface area (Å²) in [6, 6.07) is 6.43. The van der Waals surface area contributed by atoms with Crippen molar-refractivity contribution in [3.63, 3.8) is 0 Å². The monoisotopic (exact) mass is 427 g/mol.